The number of carbonyl (C=O) groups is 2. The van der Waals surface area contributed by atoms with E-state index < -0.39 is 6.04 Å². The summed E-state index contributed by atoms with van der Waals surface area (Å²) >= 11 is 0. The first-order valence-corrected chi connectivity index (χ1v) is 9.88. The van der Waals surface area contributed by atoms with E-state index in [4.69, 9.17) is 0 Å². The van der Waals surface area contributed by atoms with Gasteiger partial charge >= 0.3 is 0 Å². The minimum Gasteiger partial charge on any atom is -0.357 e. The number of piperidine rings is 1. The summed E-state index contributed by atoms with van der Waals surface area (Å²) in [5.74, 6) is -0.188. The van der Waals surface area contributed by atoms with Gasteiger partial charge in [-0.25, -0.2) is 0 Å². The molecule has 0 aliphatic carbocycles. The van der Waals surface area contributed by atoms with E-state index in [1.165, 1.54) is 0 Å². The molecule has 0 spiro atoms. The number of hydrogen-bond donors (Lipinski definition) is 3. The van der Waals surface area contributed by atoms with Crippen molar-refractivity contribution in [3.63, 3.8) is 0 Å². The van der Waals surface area contributed by atoms with Gasteiger partial charge in [0.25, 0.3) is 0 Å². The van der Waals surface area contributed by atoms with Crippen LogP contribution in [0, 0.1) is 5.92 Å². The van der Waals surface area contributed by atoms with E-state index in [1.807, 2.05) is 38.1 Å². The van der Waals surface area contributed by atoms with Crippen LogP contribution in [0.25, 0.3) is 10.8 Å². The van der Waals surface area contributed by atoms with Crippen LogP contribution < -0.4 is 16.0 Å². The van der Waals surface area contributed by atoms with Crippen molar-refractivity contribution < 1.29 is 9.59 Å². The van der Waals surface area contributed by atoms with Gasteiger partial charge in [-0.3, -0.25) is 9.59 Å². The third kappa shape index (κ3) is 5.54. The Morgan fingerprint density at radius 1 is 1.07 bits per heavy atom. The first-order chi connectivity index (χ1) is 13.2. The fraction of sp³-hybridized carbons (Fsp3) is 0.455. The quantitative estimate of drug-likeness (QED) is 0.759. The lowest BCUT2D eigenvalue weighted by Gasteiger charge is -2.25. The Hall–Kier alpha value is -2.40. The van der Waals surface area contributed by atoms with Crippen LogP contribution in [0.15, 0.2) is 42.5 Å². The average molecular weight is 370 g/mol. The number of hydrogen-bond acceptors (Lipinski definition) is 3. The SMILES string of the molecule is CC.CNC(=O)C(Cc1cccc2ccccc12)NC(=O)C1CCNCC1. The third-order valence-electron chi connectivity index (χ3n) is 4.89. The molecule has 0 aromatic heterocycles. The summed E-state index contributed by atoms with van der Waals surface area (Å²) in [7, 11) is 1.61. The molecular formula is C22H31N3O2. The summed E-state index contributed by atoms with van der Waals surface area (Å²) in [6.07, 6.45) is 2.12. The highest BCUT2D eigenvalue weighted by atomic mass is 16.2. The molecule has 1 heterocycles. The van der Waals surface area contributed by atoms with Crippen LogP contribution >= 0.6 is 0 Å². The van der Waals surface area contributed by atoms with Gasteiger partial charge in [-0.2, -0.15) is 0 Å². The molecule has 27 heavy (non-hydrogen) atoms. The minimum absolute atomic E-state index is 0.0130. The van der Waals surface area contributed by atoms with Crippen LogP contribution in [-0.2, 0) is 16.0 Å². The molecule has 1 unspecified atom stereocenters. The second-order valence-electron chi connectivity index (χ2n) is 6.54. The van der Waals surface area contributed by atoms with Gasteiger partial charge in [0.1, 0.15) is 6.04 Å². The van der Waals surface area contributed by atoms with Crippen molar-refractivity contribution in [3.8, 4) is 0 Å². The van der Waals surface area contributed by atoms with E-state index in [2.05, 4.69) is 34.1 Å². The molecule has 1 aliphatic heterocycles. The Kier molecular flexibility index (Phi) is 8.27. The van der Waals surface area contributed by atoms with Crippen LogP contribution in [0.2, 0.25) is 0 Å². The molecule has 2 amide bonds. The molecule has 1 saturated heterocycles. The lowest BCUT2D eigenvalue weighted by molar-refractivity contribution is -0.131. The van der Waals surface area contributed by atoms with E-state index in [0.29, 0.717) is 6.42 Å². The van der Waals surface area contributed by atoms with Crippen LogP contribution in [0.1, 0.15) is 32.3 Å². The standard InChI is InChI=1S/C20H25N3O2.C2H6/c1-21-20(25)18(23-19(24)15-9-11-22-12-10-15)13-16-7-4-6-14-5-2-3-8-17(14)16;1-2/h2-8,15,18,22H,9-13H2,1H3,(H,21,25)(H,23,24);1-2H3. The van der Waals surface area contributed by atoms with Crippen LogP contribution in [0.4, 0.5) is 0 Å². The summed E-state index contributed by atoms with van der Waals surface area (Å²) in [6.45, 7) is 5.71. The molecular weight excluding hydrogens is 338 g/mol. The predicted octanol–water partition coefficient (Wildman–Crippen LogP) is 2.64. The molecule has 3 N–H and O–H groups in total. The number of carbonyl (C=O) groups excluding carboxylic acids is 2. The highest BCUT2D eigenvalue weighted by Gasteiger charge is 2.26. The molecule has 2 aromatic carbocycles. The largest absolute Gasteiger partial charge is 0.357 e. The fourth-order valence-electron chi connectivity index (χ4n) is 3.45. The Morgan fingerprint density at radius 2 is 1.74 bits per heavy atom. The lowest BCUT2D eigenvalue weighted by atomic mass is 9.95. The van der Waals surface area contributed by atoms with Crippen LogP contribution in [-0.4, -0.2) is 38.0 Å². The summed E-state index contributed by atoms with van der Waals surface area (Å²) in [5, 5.41) is 11.2. The normalized spacial score (nSPS) is 15.4. The number of likely N-dealkylation sites (N-methyl/N-ethyl adjacent to an activating group) is 1. The van der Waals surface area contributed by atoms with Crippen molar-refractivity contribution in [1.29, 1.82) is 0 Å². The van der Waals surface area contributed by atoms with Gasteiger partial charge in [-0.1, -0.05) is 56.3 Å². The van der Waals surface area contributed by atoms with Crippen molar-refractivity contribution >= 4 is 22.6 Å². The summed E-state index contributed by atoms with van der Waals surface area (Å²) < 4.78 is 0. The topological polar surface area (TPSA) is 70.2 Å². The van der Waals surface area contributed by atoms with Gasteiger partial charge in [-0.05, 0) is 42.3 Å². The molecule has 5 nitrogen and oxygen atoms in total. The average Bonchev–Trinajstić information content (AvgIpc) is 2.75. The Morgan fingerprint density at radius 3 is 2.44 bits per heavy atom. The van der Waals surface area contributed by atoms with Gasteiger partial charge < -0.3 is 16.0 Å². The third-order valence-corrected chi connectivity index (χ3v) is 4.89. The van der Waals surface area contributed by atoms with Gasteiger partial charge in [0, 0.05) is 19.4 Å². The summed E-state index contributed by atoms with van der Waals surface area (Å²) in [4.78, 5) is 24.9. The second kappa shape index (κ2) is 10.7. The van der Waals surface area contributed by atoms with Gasteiger partial charge in [0.05, 0.1) is 0 Å². The molecule has 0 radical (unpaired) electrons. The van der Waals surface area contributed by atoms with Crippen molar-refractivity contribution in [2.75, 3.05) is 20.1 Å². The van der Waals surface area contributed by atoms with Crippen molar-refractivity contribution in [2.24, 2.45) is 5.92 Å². The van der Waals surface area contributed by atoms with Gasteiger partial charge in [0.2, 0.25) is 11.8 Å². The maximum atomic E-state index is 12.6. The highest BCUT2D eigenvalue weighted by molar-refractivity contribution is 5.90. The maximum absolute atomic E-state index is 12.6. The molecule has 1 aliphatic rings. The van der Waals surface area contributed by atoms with E-state index in [0.717, 1.165) is 42.3 Å². The van der Waals surface area contributed by atoms with Crippen LogP contribution in [0.3, 0.4) is 0 Å². The Bertz CT molecular complexity index is 749. The first kappa shape index (κ1) is 20.9. The van der Waals surface area contributed by atoms with E-state index in [9.17, 15) is 9.59 Å². The molecule has 5 heteroatoms. The number of amides is 2. The predicted molar refractivity (Wildman–Crippen MR) is 111 cm³/mol. The van der Waals surface area contributed by atoms with E-state index in [-0.39, 0.29) is 17.7 Å². The Balaban J connectivity index is 0.00000126. The Labute approximate surface area is 161 Å². The number of nitrogens with one attached hydrogen (secondary N) is 3. The zero-order valence-corrected chi connectivity index (χ0v) is 16.5. The fourth-order valence-corrected chi connectivity index (χ4v) is 3.45. The van der Waals surface area contributed by atoms with Crippen molar-refractivity contribution in [1.82, 2.24) is 16.0 Å². The first-order valence-electron chi connectivity index (χ1n) is 9.88. The molecule has 2 aromatic rings. The monoisotopic (exact) mass is 369 g/mol. The summed E-state index contributed by atoms with van der Waals surface area (Å²) in [6, 6.07) is 13.6. The number of benzene rings is 2. The zero-order chi connectivity index (χ0) is 19.6. The molecule has 0 bridgehead atoms. The smallest absolute Gasteiger partial charge is 0.242 e. The summed E-state index contributed by atoms with van der Waals surface area (Å²) in [5.41, 5.74) is 1.07. The van der Waals surface area contributed by atoms with Crippen LogP contribution in [0.5, 0.6) is 0 Å². The number of rotatable bonds is 5. The molecule has 1 fully saturated rings. The van der Waals surface area contributed by atoms with Crippen molar-refractivity contribution in [2.45, 2.75) is 39.2 Å². The lowest BCUT2D eigenvalue weighted by Crippen LogP contribution is -2.50. The van der Waals surface area contributed by atoms with E-state index >= 15 is 0 Å². The molecule has 0 saturated carbocycles. The highest BCUT2D eigenvalue weighted by Crippen LogP contribution is 2.20. The second-order valence-corrected chi connectivity index (χ2v) is 6.54. The minimum atomic E-state index is -0.557. The van der Waals surface area contributed by atoms with Gasteiger partial charge in [0.15, 0.2) is 0 Å². The molecule has 146 valence electrons. The van der Waals surface area contributed by atoms with E-state index in [1.54, 1.807) is 7.05 Å². The van der Waals surface area contributed by atoms with Crippen molar-refractivity contribution in [3.05, 3.63) is 48.0 Å². The molecule has 1 atom stereocenters. The maximum Gasteiger partial charge on any atom is 0.242 e. The molecule has 3 rings (SSSR count). The zero-order valence-electron chi connectivity index (χ0n) is 16.5. The van der Waals surface area contributed by atoms with Gasteiger partial charge in [-0.15, -0.1) is 0 Å². The number of fused-ring (bicyclic) bond motifs is 1.